The molecule has 0 fully saturated rings. The summed E-state index contributed by atoms with van der Waals surface area (Å²) in [6, 6.07) is 0. The molecule has 1 N–H and O–H groups in total. The summed E-state index contributed by atoms with van der Waals surface area (Å²) in [5, 5.41) is 11.8. The quantitative estimate of drug-likeness (QED) is 0.212. The van der Waals surface area contributed by atoms with Crippen molar-refractivity contribution in [3.8, 4) is 0 Å². The highest BCUT2D eigenvalue weighted by atomic mass is 28.4. The minimum atomic E-state index is -1.51. The molecule has 1 rings (SSSR count). The van der Waals surface area contributed by atoms with E-state index in [1.807, 2.05) is 0 Å². The summed E-state index contributed by atoms with van der Waals surface area (Å²) in [7, 11) is -8.89. The van der Waals surface area contributed by atoms with Crippen molar-refractivity contribution in [3.05, 3.63) is 29.2 Å². The summed E-state index contributed by atoms with van der Waals surface area (Å²) in [6.07, 6.45) is 5.22. The molecule has 0 aliphatic heterocycles. The summed E-state index contributed by atoms with van der Waals surface area (Å²) >= 11 is 0. The van der Waals surface area contributed by atoms with Gasteiger partial charge in [0.05, 0.1) is 77.7 Å². The monoisotopic (exact) mass is 566 g/mol. The molecule has 34 heavy (non-hydrogen) atoms. The maximum Gasteiger partial charge on any atom is 0.170 e. The van der Waals surface area contributed by atoms with Crippen LogP contribution in [0.25, 0.3) is 0 Å². The van der Waals surface area contributed by atoms with Crippen molar-refractivity contribution < 1.29 is 0 Å². The second kappa shape index (κ2) is 9.89. The van der Waals surface area contributed by atoms with Gasteiger partial charge in [0, 0.05) is 15.5 Å². The Kier molecular flexibility index (Phi) is 9.41. The Balaban J connectivity index is 4.09. The molecule has 0 amide bonds. The molecule has 0 aromatic heterocycles. The molecule has 1 nitrogen and oxygen atoms in total. The van der Waals surface area contributed by atoms with Gasteiger partial charge in [-0.15, -0.1) is 0 Å². The lowest BCUT2D eigenvalue weighted by atomic mass is 9.90. The van der Waals surface area contributed by atoms with Gasteiger partial charge in [-0.3, -0.25) is 5.41 Å². The smallest absolute Gasteiger partial charge is 0.170 e. The molecule has 0 unspecified atom stereocenters. The van der Waals surface area contributed by atoms with Gasteiger partial charge in [-0.05, 0) is 0 Å². The molecule has 0 saturated carbocycles. The van der Waals surface area contributed by atoms with E-state index in [1.165, 1.54) is 11.5 Å². The van der Waals surface area contributed by atoms with Crippen molar-refractivity contribution in [3.63, 3.8) is 0 Å². The molecule has 0 saturated heterocycles. The van der Waals surface area contributed by atoms with E-state index in [0.717, 1.165) is 10.9 Å². The van der Waals surface area contributed by atoms with Crippen LogP contribution in [0.4, 0.5) is 0 Å². The van der Waals surface area contributed by atoms with Gasteiger partial charge >= 0.3 is 0 Å². The van der Waals surface area contributed by atoms with E-state index in [4.69, 9.17) is 0 Å². The van der Waals surface area contributed by atoms with E-state index in [-0.39, 0.29) is 0 Å². The number of nitrogens with one attached hydrogen (secondary N) is 1. The van der Waals surface area contributed by atoms with Crippen LogP contribution < -0.4 is 0 Å². The number of allylic oxidation sites excluding steroid dienone is 4. The number of hydrogen-bond acceptors (Lipinski definition) is 1. The van der Waals surface area contributed by atoms with Crippen LogP contribution >= 0.6 is 0 Å². The fraction of sp³-hybridized carbons (Fsp3) is 0.778. The minimum Gasteiger partial charge on any atom is -0.275 e. The van der Waals surface area contributed by atoms with Gasteiger partial charge in [0.1, 0.15) is 0 Å². The van der Waals surface area contributed by atoms with E-state index in [0.29, 0.717) is 10.3 Å². The SMILES string of the molecule is C[Si](C)(C)C(C1=C[C+](C([Si](C)(C)C)[Si](C)(C)C)C(=N)C(C([Si](C)(C)C)[Si](C)(C)C)=C1)[Si](C)(C)C. The Hall–Kier alpha value is 0.321. The predicted octanol–water partition coefficient (Wildman–Crippen LogP) is 10.2. The lowest BCUT2D eigenvalue weighted by Crippen LogP contribution is -2.52. The van der Waals surface area contributed by atoms with Crippen LogP contribution in [0.3, 0.4) is 0 Å². The van der Waals surface area contributed by atoms with Crippen molar-refractivity contribution in [1.29, 1.82) is 5.41 Å². The van der Waals surface area contributed by atoms with E-state index < -0.39 is 48.4 Å². The van der Waals surface area contributed by atoms with Crippen LogP contribution in [0, 0.1) is 11.3 Å². The van der Waals surface area contributed by atoms with E-state index >= 15 is 0 Å². The van der Waals surface area contributed by atoms with Crippen molar-refractivity contribution in [2.75, 3.05) is 0 Å². The van der Waals surface area contributed by atoms with Crippen molar-refractivity contribution in [2.24, 2.45) is 0 Å². The Bertz CT molecular complexity index is 772. The third-order valence-corrected chi connectivity index (χ3v) is 35.3. The molecule has 0 atom stereocenters. The third kappa shape index (κ3) is 7.66. The second-order valence-corrected chi connectivity index (χ2v) is 51.2. The molecule has 196 valence electrons. The van der Waals surface area contributed by atoms with E-state index in [2.05, 4.69) is 130 Å². The van der Waals surface area contributed by atoms with Crippen LogP contribution in [-0.2, 0) is 0 Å². The second-order valence-electron chi connectivity index (χ2n) is 17.6. The molecule has 0 aromatic carbocycles. The summed E-state index contributed by atoms with van der Waals surface area (Å²) in [5.41, 5.74) is 4.02. The first-order valence-corrected chi connectivity index (χ1v) is 35.0. The zero-order valence-electron chi connectivity index (χ0n) is 26.4. The molecular weight excluding hydrogens is 507 g/mol. The zero-order valence-corrected chi connectivity index (χ0v) is 32.4. The lowest BCUT2D eigenvalue weighted by molar-refractivity contribution is 1.07. The Labute approximate surface area is 221 Å². The van der Waals surface area contributed by atoms with Crippen LogP contribution in [0.15, 0.2) is 23.3 Å². The standard InChI is InChI=1S/C27H60NSi6/c1-29(2,3)25(30(4,5)6)21-19-22(26(31(7,8)9)32(10,11)12)24(28)23(20-21)27(33(13,14)15)34(16,17)18/h19-20,25-28H,1-18H3/q+1. The minimum absolute atomic E-state index is 0.624. The molecule has 1 aliphatic rings. The highest BCUT2D eigenvalue weighted by molar-refractivity contribution is 6.99. The van der Waals surface area contributed by atoms with Crippen LogP contribution in [0.5, 0.6) is 0 Å². The molecule has 7 heteroatoms. The van der Waals surface area contributed by atoms with Gasteiger partial charge in [0.15, 0.2) is 5.71 Å². The Morgan fingerprint density at radius 3 is 1.12 bits per heavy atom. The number of rotatable bonds is 9. The summed E-state index contributed by atoms with van der Waals surface area (Å²) in [6.45, 7) is 46.3. The molecular formula is C27H60NSi6+. The molecule has 1 aliphatic carbocycles. The summed E-state index contributed by atoms with van der Waals surface area (Å²) in [4.78, 5) is 0. The fourth-order valence-corrected chi connectivity index (χ4v) is 46.2. The summed E-state index contributed by atoms with van der Waals surface area (Å²) < 4.78 is 0. The van der Waals surface area contributed by atoms with Crippen molar-refractivity contribution in [2.45, 2.75) is 133 Å². The largest absolute Gasteiger partial charge is 0.275 e. The normalized spacial score (nSPS) is 17.7. The first-order chi connectivity index (χ1) is 14.6. The molecule has 0 spiro atoms. The molecule has 0 aromatic rings. The van der Waals surface area contributed by atoms with E-state index in [1.54, 1.807) is 5.57 Å². The first-order valence-electron chi connectivity index (χ1n) is 13.5. The topological polar surface area (TPSA) is 23.9 Å². The highest BCUT2D eigenvalue weighted by Gasteiger charge is 2.55. The zero-order chi connectivity index (χ0) is 27.5. The third-order valence-electron chi connectivity index (χ3n) is 7.37. The average molecular weight is 567 g/mol. The Morgan fingerprint density at radius 1 is 0.529 bits per heavy atom. The molecule has 0 radical (unpaired) electrons. The van der Waals surface area contributed by atoms with Crippen LogP contribution in [0.1, 0.15) is 0 Å². The Morgan fingerprint density at radius 2 is 0.853 bits per heavy atom. The van der Waals surface area contributed by atoms with Gasteiger partial charge in [-0.2, -0.15) is 0 Å². The van der Waals surface area contributed by atoms with Gasteiger partial charge in [-0.25, -0.2) is 0 Å². The lowest BCUT2D eigenvalue weighted by Gasteiger charge is -2.44. The van der Waals surface area contributed by atoms with Gasteiger partial charge in [0.25, 0.3) is 0 Å². The van der Waals surface area contributed by atoms with Gasteiger partial charge in [0.2, 0.25) is 0 Å². The van der Waals surface area contributed by atoms with Crippen molar-refractivity contribution >= 4 is 54.2 Å². The highest BCUT2D eigenvalue weighted by Crippen LogP contribution is 2.52. The first kappa shape index (κ1) is 32.4. The maximum absolute atomic E-state index is 9.79. The molecule has 0 heterocycles. The summed E-state index contributed by atoms with van der Waals surface area (Å²) in [5.74, 6) is 1.45. The number of hydrogen-bond donors (Lipinski definition) is 1. The predicted molar refractivity (Wildman–Crippen MR) is 178 cm³/mol. The van der Waals surface area contributed by atoms with E-state index in [9.17, 15) is 5.41 Å². The van der Waals surface area contributed by atoms with Crippen LogP contribution in [-0.4, -0.2) is 54.2 Å². The fourth-order valence-electron chi connectivity index (χ4n) is 8.10. The molecule has 0 bridgehead atoms. The maximum atomic E-state index is 9.79. The van der Waals surface area contributed by atoms with Gasteiger partial charge in [-0.1, -0.05) is 118 Å². The van der Waals surface area contributed by atoms with Crippen molar-refractivity contribution in [1.82, 2.24) is 0 Å². The van der Waals surface area contributed by atoms with Crippen LogP contribution in [0.2, 0.25) is 133 Å². The average Bonchev–Trinajstić information content (AvgIpc) is 2.42. The van der Waals surface area contributed by atoms with Gasteiger partial charge < -0.3 is 0 Å².